The highest BCUT2D eigenvalue weighted by Gasteiger charge is 2.17. The van der Waals surface area contributed by atoms with Crippen molar-refractivity contribution in [1.82, 2.24) is 0 Å². The number of carbonyl (C=O) groups is 1. The maximum atomic E-state index is 11.8. The molecule has 2 aromatic rings. The van der Waals surface area contributed by atoms with Crippen molar-refractivity contribution in [3.8, 4) is 0 Å². The number of halogens is 2. The quantitative estimate of drug-likeness (QED) is 0.856. The number of sulfonamides is 1. The number of amides is 1. The second kappa shape index (κ2) is 7.18. The van der Waals surface area contributed by atoms with Crippen LogP contribution in [-0.2, 0) is 21.4 Å². The summed E-state index contributed by atoms with van der Waals surface area (Å²) in [6.07, 6.45) is -0.777. The number of primary sulfonamides is 1. The van der Waals surface area contributed by atoms with Gasteiger partial charge in [0.15, 0.2) is 0 Å². The lowest BCUT2D eigenvalue weighted by molar-refractivity contribution is 0.155. The molecule has 0 saturated heterocycles. The van der Waals surface area contributed by atoms with Crippen LogP contribution in [0.3, 0.4) is 0 Å². The molecule has 3 N–H and O–H groups in total. The lowest BCUT2D eigenvalue weighted by atomic mass is 10.2. The zero-order valence-electron chi connectivity index (χ0n) is 11.6. The number of anilines is 1. The number of nitrogens with two attached hydrogens (primary N) is 1. The van der Waals surface area contributed by atoms with Crippen LogP contribution in [0.1, 0.15) is 5.56 Å². The van der Waals surface area contributed by atoms with Crippen LogP contribution in [0.2, 0.25) is 10.0 Å². The minimum atomic E-state index is -3.95. The van der Waals surface area contributed by atoms with Gasteiger partial charge in [-0.2, -0.15) is 0 Å². The van der Waals surface area contributed by atoms with Gasteiger partial charge in [0.25, 0.3) is 0 Å². The van der Waals surface area contributed by atoms with Crippen molar-refractivity contribution in [2.45, 2.75) is 11.5 Å². The molecule has 1 amide bonds. The maximum Gasteiger partial charge on any atom is 0.412 e. The van der Waals surface area contributed by atoms with E-state index in [1.807, 2.05) is 18.2 Å². The van der Waals surface area contributed by atoms with Crippen LogP contribution in [0.4, 0.5) is 10.5 Å². The highest BCUT2D eigenvalue weighted by Crippen LogP contribution is 2.33. The highest BCUT2D eigenvalue weighted by atomic mass is 35.5. The molecular formula is C14H12Cl2N2O4S. The Morgan fingerprint density at radius 1 is 1.13 bits per heavy atom. The van der Waals surface area contributed by atoms with Gasteiger partial charge < -0.3 is 4.74 Å². The standard InChI is InChI=1S/C14H12Cl2N2O4S/c15-11-6-10(23(17,20)21)7-12(16)13(11)18-14(19)22-8-9-4-2-1-3-5-9/h1-7H,8H2,(H,18,19)(H2,17,20,21). The van der Waals surface area contributed by atoms with Crippen molar-refractivity contribution in [2.24, 2.45) is 5.14 Å². The van der Waals surface area contributed by atoms with Crippen LogP contribution in [0.15, 0.2) is 47.4 Å². The summed E-state index contributed by atoms with van der Waals surface area (Å²) >= 11 is 11.9. The number of hydrogen-bond acceptors (Lipinski definition) is 4. The van der Waals surface area contributed by atoms with E-state index >= 15 is 0 Å². The van der Waals surface area contributed by atoms with Crippen molar-refractivity contribution in [2.75, 3.05) is 5.32 Å². The maximum absolute atomic E-state index is 11.8. The van der Waals surface area contributed by atoms with Crippen molar-refractivity contribution in [3.05, 3.63) is 58.1 Å². The van der Waals surface area contributed by atoms with Gasteiger partial charge in [0.1, 0.15) is 6.61 Å². The highest BCUT2D eigenvalue weighted by molar-refractivity contribution is 7.89. The van der Waals surface area contributed by atoms with E-state index in [-0.39, 0.29) is 27.2 Å². The Balaban J connectivity index is 2.09. The molecule has 0 radical (unpaired) electrons. The van der Waals surface area contributed by atoms with E-state index in [4.69, 9.17) is 33.1 Å². The van der Waals surface area contributed by atoms with Crippen LogP contribution < -0.4 is 10.5 Å². The minimum absolute atomic E-state index is 0.0406. The topological polar surface area (TPSA) is 98.5 Å². The van der Waals surface area contributed by atoms with Gasteiger partial charge in [0, 0.05) is 0 Å². The molecule has 0 aliphatic rings. The number of benzene rings is 2. The van der Waals surface area contributed by atoms with Crippen LogP contribution >= 0.6 is 23.2 Å². The Labute approximate surface area is 143 Å². The van der Waals surface area contributed by atoms with E-state index in [0.29, 0.717) is 0 Å². The molecule has 2 aromatic carbocycles. The molecule has 0 aliphatic heterocycles. The first-order valence-electron chi connectivity index (χ1n) is 6.27. The predicted molar refractivity (Wildman–Crippen MR) is 88.1 cm³/mol. The molecule has 9 heteroatoms. The van der Waals surface area contributed by atoms with E-state index < -0.39 is 16.1 Å². The molecule has 0 spiro atoms. The Morgan fingerprint density at radius 3 is 2.22 bits per heavy atom. The van der Waals surface area contributed by atoms with Crippen molar-refractivity contribution in [1.29, 1.82) is 0 Å². The fourth-order valence-corrected chi connectivity index (χ4v) is 2.97. The van der Waals surface area contributed by atoms with Crippen molar-refractivity contribution >= 4 is 45.0 Å². The second-order valence-electron chi connectivity index (χ2n) is 4.49. The molecule has 0 bridgehead atoms. The van der Waals surface area contributed by atoms with Crippen LogP contribution in [0.25, 0.3) is 0 Å². The van der Waals surface area contributed by atoms with Crippen LogP contribution in [0, 0.1) is 0 Å². The van der Waals surface area contributed by atoms with Gasteiger partial charge in [-0.15, -0.1) is 0 Å². The number of carbonyl (C=O) groups excluding carboxylic acids is 1. The number of rotatable bonds is 4. The minimum Gasteiger partial charge on any atom is -0.444 e. The first kappa shape index (κ1) is 17.6. The second-order valence-corrected chi connectivity index (χ2v) is 6.87. The average molecular weight is 375 g/mol. The first-order valence-corrected chi connectivity index (χ1v) is 8.57. The lowest BCUT2D eigenvalue weighted by Gasteiger charge is -2.11. The van der Waals surface area contributed by atoms with E-state index in [1.165, 1.54) is 0 Å². The zero-order valence-corrected chi connectivity index (χ0v) is 14.0. The predicted octanol–water partition coefficient (Wildman–Crippen LogP) is 3.39. The Bertz CT molecular complexity index is 803. The van der Waals surface area contributed by atoms with E-state index in [0.717, 1.165) is 17.7 Å². The fraction of sp³-hybridized carbons (Fsp3) is 0.0714. The van der Waals surface area contributed by atoms with Gasteiger partial charge in [-0.1, -0.05) is 53.5 Å². The van der Waals surface area contributed by atoms with Gasteiger partial charge in [-0.3, -0.25) is 5.32 Å². The third kappa shape index (κ3) is 4.84. The van der Waals surface area contributed by atoms with E-state index in [2.05, 4.69) is 5.32 Å². The van der Waals surface area contributed by atoms with E-state index in [9.17, 15) is 13.2 Å². The zero-order chi connectivity index (χ0) is 17.0. The molecule has 0 fully saturated rings. The summed E-state index contributed by atoms with van der Waals surface area (Å²) in [5.41, 5.74) is 0.850. The van der Waals surface area contributed by atoms with Gasteiger partial charge in [0.2, 0.25) is 10.0 Å². The summed E-state index contributed by atoms with van der Waals surface area (Å²) in [6, 6.07) is 11.3. The monoisotopic (exact) mass is 374 g/mol. The SMILES string of the molecule is NS(=O)(=O)c1cc(Cl)c(NC(=O)OCc2ccccc2)c(Cl)c1. The summed E-state index contributed by atoms with van der Waals surface area (Å²) < 4.78 is 27.6. The molecule has 0 saturated carbocycles. The van der Waals surface area contributed by atoms with E-state index in [1.54, 1.807) is 12.1 Å². The molecule has 6 nitrogen and oxygen atoms in total. The average Bonchev–Trinajstić information content (AvgIpc) is 2.49. The summed E-state index contributed by atoms with van der Waals surface area (Å²) in [6.45, 7) is 0.0666. The van der Waals surface area contributed by atoms with Crippen LogP contribution in [0.5, 0.6) is 0 Å². The molecule has 0 heterocycles. The van der Waals surface area contributed by atoms with Crippen molar-refractivity contribution in [3.63, 3.8) is 0 Å². The third-order valence-electron chi connectivity index (χ3n) is 2.78. The smallest absolute Gasteiger partial charge is 0.412 e. The summed E-state index contributed by atoms with van der Waals surface area (Å²) in [7, 11) is -3.95. The van der Waals surface area contributed by atoms with Gasteiger partial charge in [-0.25, -0.2) is 18.4 Å². The van der Waals surface area contributed by atoms with Gasteiger partial charge >= 0.3 is 6.09 Å². The molecule has 0 atom stereocenters. The number of ether oxygens (including phenoxy) is 1. The molecule has 23 heavy (non-hydrogen) atoms. The summed E-state index contributed by atoms with van der Waals surface area (Å²) in [5, 5.41) is 7.23. The largest absolute Gasteiger partial charge is 0.444 e. The van der Waals surface area contributed by atoms with Crippen molar-refractivity contribution < 1.29 is 17.9 Å². The normalized spacial score (nSPS) is 11.1. The van der Waals surface area contributed by atoms with Crippen LogP contribution in [-0.4, -0.2) is 14.5 Å². The van der Waals surface area contributed by atoms with Gasteiger partial charge in [-0.05, 0) is 17.7 Å². The Morgan fingerprint density at radius 2 is 1.70 bits per heavy atom. The first-order chi connectivity index (χ1) is 10.8. The molecule has 122 valence electrons. The summed E-state index contributed by atoms with van der Waals surface area (Å²) in [4.78, 5) is 11.5. The molecular weight excluding hydrogens is 363 g/mol. The molecule has 0 unspecified atom stereocenters. The number of hydrogen-bond donors (Lipinski definition) is 2. The molecule has 0 aliphatic carbocycles. The summed E-state index contributed by atoms with van der Waals surface area (Å²) in [5.74, 6) is 0. The lowest BCUT2D eigenvalue weighted by Crippen LogP contribution is -2.15. The van der Waals surface area contributed by atoms with Gasteiger partial charge in [0.05, 0.1) is 20.6 Å². The number of nitrogens with one attached hydrogen (secondary N) is 1. The molecule has 0 aromatic heterocycles. The molecule has 2 rings (SSSR count). The third-order valence-corrected chi connectivity index (χ3v) is 4.27. The Hall–Kier alpha value is -1.80. The fourth-order valence-electron chi connectivity index (χ4n) is 1.69. The Kier molecular flexibility index (Phi) is 5.48.